The minimum atomic E-state index is -1.17. The number of nitrogens with one attached hydrogen (secondary N) is 2. The lowest BCUT2D eigenvalue weighted by Crippen LogP contribution is -2.42. The van der Waals surface area contributed by atoms with E-state index in [0.29, 0.717) is 11.3 Å². The number of fused-ring (bicyclic) bond motifs is 1. The van der Waals surface area contributed by atoms with Crippen LogP contribution in [-0.4, -0.2) is 34.7 Å². The summed E-state index contributed by atoms with van der Waals surface area (Å²) in [5.41, 5.74) is 2.26. The van der Waals surface area contributed by atoms with Crippen LogP contribution in [0.2, 0.25) is 0 Å². The van der Waals surface area contributed by atoms with Gasteiger partial charge in [-0.3, -0.25) is 0 Å². The summed E-state index contributed by atoms with van der Waals surface area (Å²) in [4.78, 5) is 26.6. The fourth-order valence-corrected chi connectivity index (χ4v) is 2.65. The SMILES string of the molecule is [2H]Oc1ccc2[nH]cc(C[C@H](NC(=O)OCc3ccccc3)C(=O)O)c2c1. The predicted molar refractivity (Wildman–Crippen MR) is 94.9 cm³/mol. The molecule has 0 spiro atoms. The number of benzene rings is 2. The molecule has 2 aromatic carbocycles. The van der Waals surface area contributed by atoms with E-state index in [0.717, 1.165) is 16.5 Å². The van der Waals surface area contributed by atoms with Gasteiger partial charge in [0, 0.05) is 23.5 Å². The molecule has 0 aliphatic heterocycles. The topological polar surface area (TPSA) is 112 Å². The van der Waals surface area contributed by atoms with Crippen molar-refractivity contribution < 1.29 is 24.5 Å². The van der Waals surface area contributed by atoms with Crippen molar-refractivity contribution >= 4 is 23.0 Å². The van der Waals surface area contributed by atoms with Crippen molar-refractivity contribution in [2.75, 3.05) is 0 Å². The Bertz CT molecular complexity index is 942. The summed E-state index contributed by atoms with van der Waals surface area (Å²) in [6, 6.07) is 12.9. The first-order valence-electron chi connectivity index (χ1n) is 8.41. The smallest absolute Gasteiger partial charge is 0.408 e. The normalized spacial score (nSPS) is 12.2. The molecule has 1 amide bonds. The fraction of sp³-hybridized carbons (Fsp3) is 0.158. The fourth-order valence-electron chi connectivity index (χ4n) is 2.65. The predicted octanol–water partition coefficient (Wildman–Crippen LogP) is 2.80. The second-order valence-corrected chi connectivity index (χ2v) is 5.82. The summed E-state index contributed by atoms with van der Waals surface area (Å²) in [5, 5.41) is 17.0. The van der Waals surface area contributed by atoms with Crippen molar-refractivity contribution in [2.45, 2.75) is 19.1 Å². The van der Waals surface area contributed by atoms with Crippen LogP contribution in [0.15, 0.2) is 54.7 Å². The number of ether oxygens (including phenoxy) is 1. The first kappa shape index (κ1) is 16.0. The minimum Gasteiger partial charge on any atom is -0.508 e. The highest BCUT2D eigenvalue weighted by Crippen LogP contribution is 2.24. The van der Waals surface area contributed by atoms with Crippen molar-refractivity contribution in [1.29, 1.82) is 1.43 Å². The number of amides is 1. The van der Waals surface area contributed by atoms with E-state index in [4.69, 9.17) is 6.17 Å². The Labute approximate surface area is 150 Å². The monoisotopic (exact) mass is 355 g/mol. The molecule has 3 aromatic rings. The largest absolute Gasteiger partial charge is 0.508 e. The zero-order valence-electron chi connectivity index (χ0n) is 14.8. The molecule has 0 aliphatic rings. The molecule has 1 aromatic heterocycles. The van der Waals surface area contributed by atoms with E-state index in [1.807, 2.05) is 18.2 Å². The van der Waals surface area contributed by atoms with E-state index in [9.17, 15) is 14.7 Å². The summed E-state index contributed by atoms with van der Waals surface area (Å²) in [6.07, 6.45) is 0.920. The van der Waals surface area contributed by atoms with Gasteiger partial charge in [0.05, 0.1) is 0 Å². The van der Waals surface area contributed by atoms with Crippen LogP contribution < -0.4 is 5.32 Å². The first-order valence-corrected chi connectivity index (χ1v) is 8.00. The molecule has 7 nitrogen and oxygen atoms in total. The van der Waals surface area contributed by atoms with Gasteiger partial charge in [0.25, 0.3) is 1.43 Å². The molecule has 7 heteroatoms. The molecule has 0 unspecified atom stereocenters. The van der Waals surface area contributed by atoms with Gasteiger partial charge in [-0.1, -0.05) is 30.3 Å². The third-order valence-corrected chi connectivity index (χ3v) is 3.97. The van der Waals surface area contributed by atoms with Gasteiger partial charge in [0.15, 0.2) is 0 Å². The molecule has 0 bridgehead atoms. The summed E-state index contributed by atoms with van der Waals surface area (Å²) in [6.45, 7) is 0.0519. The Morgan fingerprint density at radius 2 is 2.04 bits per heavy atom. The van der Waals surface area contributed by atoms with Crippen molar-refractivity contribution in [3.05, 3.63) is 65.9 Å². The quantitative estimate of drug-likeness (QED) is 0.521. The van der Waals surface area contributed by atoms with E-state index in [1.54, 1.807) is 36.5 Å². The molecule has 0 radical (unpaired) electrons. The van der Waals surface area contributed by atoms with Crippen LogP contribution in [0.25, 0.3) is 10.9 Å². The Hall–Kier alpha value is -3.48. The number of phenols is 1. The lowest BCUT2D eigenvalue weighted by molar-refractivity contribution is -0.139. The molecule has 134 valence electrons. The Morgan fingerprint density at radius 3 is 2.77 bits per heavy atom. The second-order valence-electron chi connectivity index (χ2n) is 5.82. The second kappa shape index (κ2) is 7.60. The maximum atomic E-state index is 12.0. The van der Waals surface area contributed by atoms with Gasteiger partial charge in [-0.15, -0.1) is 0 Å². The molecule has 0 fully saturated rings. The third-order valence-electron chi connectivity index (χ3n) is 3.97. The zero-order valence-corrected chi connectivity index (χ0v) is 13.8. The molecule has 0 saturated heterocycles. The number of rotatable bonds is 7. The van der Waals surface area contributed by atoms with Crippen LogP contribution in [0, 0.1) is 0 Å². The lowest BCUT2D eigenvalue weighted by atomic mass is 10.0. The van der Waals surface area contributed by atoms with Gasteiger partial charge in [-0.05, 0) is 29.3 Å². The first-order chi connectivity index (χ1) is 13.1. The molecule has 1 heterocycles. The number of carboxylic acid groups (broad SMARTS) is 1. The Kier molecular flexibility index (Phi) is 4.68. The van der Waals surface area contributed by atoms with E-state index >= 15 is 0 Å². The summed E-state index contributed by atoms with van der Waals surface area (Å²) in [7, 11) is 0. The number of carboxylic acids is 1. The van der Waals surface area contributed by atoms with Crippen LogP contribution in [0.3, 0.4) is 0 Å². The van der Waals surface area contributed by atoms with Crippen molar-refractivity contribution in [2.24, 2.45) is 0 Å². The number of hydrogen-bond acceptors (Lipinski definition) is 4. The number of carbonyl (C=O) groups excluding carboxylic acids is 1. The van der Waals surface area contributed by atoms with Crippen LogP contribution in [-0.2, 0) is 22.6 Å². The maximum absolute atomic E-state index is 12.0. The molecule has 0 aliphatic carbocycles. The zero-order chi connectivity index (χ0) is 19.2. The van der Waals surface area contributed by atoms with Gasteiger partial charge < -0.3 is 25.3 Å². The number of aromatic nitrogens is 1. The highest BCUT2D eigenvalue weighted by atomic mass is 16.5. The van der Waals surface area contributed by atoms with Crippen LogP contribution in [0.4, 0.5) is 4.79 Å². The highest BCUT2D eigenvalue weighted by Gasteiger charge is 2.22. The van der Waals surface area contributed by atoms with Gasteiger partial charge in [0.2, 0.25) is 0 Å². The Balaban J connectivity index is 1.67. The molecule has 3 rings (SSSR count). The summed E-state index contributed by atoms with van der Waals surface area (Å²) in [5.74, 6) is -0.834. The van der Waals surface area contributed by atoms with E-state index in [2.05, 4.69) is 15.4 Å². The van der Waals surface area contributed by atoms with Crippen LogP contribution in [0.5, 0.6) is 5.75 Å². The number of alkyl carbamates (subject to hydrolysis) is 1. The van der Waals surface area contributed by atoms with Gasteiger partial charge in [-0.2, -0.15) is 0 Å². The maximum Gasteiger partial charge on any atom is 0.408 e. The number of carbonyl (C=O) groups is 2. The minimum absolute atomic E-state index is 0.0519. The van der Waals surface area contributed by atoms with Crippen molar-refractivity contribution in [1.82, 2.24) is 10.3 Å². The van der Waals surface area contributed by atoms with Gasteiger partial charge >= 0.3 is 12.1 Å². The Morgan fingerprint density at radius 1 is 1.23 bits per heavy atom. The highest BCUT2D eigenvalue weighted by molar-refractivity contribution is 5.86. The average molecular weight is 355 g/mol. The van der Waals surface area contributed by atoms with Crippen LogP contribution >= 0.6 is 0 Å². The molecule has 4 N–H and O–H groups in total. The van der Waals surface area contributed by atoms with Crippen molar-refractivity contribution in [3.8, 4) is 5.75 Å². The van der Waals surface area contributed by atoms with Gasteiger partial charge in [-0.25, -0.2) is 9.59 Å². The number of phenolic OH excluding ortho intramolecular Hbond substituents is 1. The number of hydrogen-bond donors (Lipinski definition) is 4. The van der Waals surface area contributed by atoms with Crippen molar-refractivity contribution in [3.63, 3.8) is 0 Å². The summed E-state index contributed by atoms with van der Waals surface area (Å²) >= 11 is 0. The third kappa shape index (κ3) is 4.13. The lowest BCUT2D eigenvalue weighted by Gasteiger charge is -2.14. The number of aliphatic carboxylic acids is 1. The average Bonchev–Trinajstić information content (AvgIpc) is 3.08. The molecule has 1 atom stereocenters. The summed E-state index contributed by atoms with van der Waals surface area (Å²) < 4.78 is 12.1. The molecular weight excluding hydrogens is 336 g/mol. The molecule has 26 heavy (non-hydrogen) atoms. The van der Waals surface area contributed by atoms with E-state index in [-0.39, 0.29) is 13.0 Å². The standard InChI is InChI=1S/C19H18N2O5/c22-14-6-7-16-15(9-14)13(10-20-16)8-17(18(23)24)21-19(25)26-11-12-4-2-1-3-5-12/h1-7,9-10,17,20,22H,8,11H2,(H,21,25)(H,23,24)/t17-/m0/s1/i/hD. The van der Waals surface area contributed by atoms with E-state index in [1.165, 1.54) is 0 Å². The molecular formula is C19H18N2O5. The van der Waals surface area contributed by atoms with E-state index < -0.39 is 18.1 Å². The number of aromatic hydroxyl groups is 1. The number of H-pyrrole nitrogens is 1. The number of aromatic amines is 1. The van der Waals surface area contributed by atoms with Crippen LogP contribution in [0.1, 0.15) is 11.1 Å². The molecule has 0 saturated carbocycles. The van der Waals surface area contributed by atoms with Gasteiger partial charge in [0.1, 0.15) is 18.4 Å².